The van der Waals surface area contributed by atoms with Crippen molar-refractivity contribution in [1.29, 1.82) is 0 Å². The SMILES string of the molecule is CC(C)(C)OC(=O)N1CCC(=Cc2ccc(OC(F)(F)F)cc2)CC1. The molecule has 0 aliphatic carbocycles. The van der Waals surface area contributed by atoms with Crippen LogP contribution in [0.5, 0.6) is 5.75 Å². The molecule has 1 heterocycles. The molecule has 1 aromatic rings. The van der Waals surface area contributed by atoms with Gasteiger partial charge in [-0.05, 0) is 51.3 Å². The number of alkyl halides is 3. The number of rotatable bonds is 2. The van der Waals surface area contributed by atoms with Crippen molar-refractivity contribution in [3.8, 4) is 5.75 Å². The summed E-state index contributed by atoms with van der Waals surface area (Å²) in [6, 6.07) is 5.73. The highest BCUT2D eigenvalue weighted by molar-refractivity contribution is 5.68. The molecule has 4 nitrogen and oxygen atoms in total. The summed E-state index contributed by atoms with van der Waals surface area (Å²) in [5.41, 5.74) is 1.42. The molecule has 138 valence electrons. The molecule has 1 aromatic carbocycles. The van der Waals surface area contributed by atoms with Crippen molar-refractivity contribution in [1.82, 2.24) is 4.90 Å². The molecule has 2 rings (SSSR count). The zero-order valence-corrected chi connectivity index (χ0v) is 14.5. The van der Waals surface area contributed by atoms with Crippen molar-refractivity contribution >= 4 is 12.2 Å². The van der Waals surface area contributed by atoms with Crippen molar-refractivity contribution in [2.24, 2.45) is 0 Å². The Morgan fingerprint density at radius 3 is 2.12 bits per heavy atom. The molecule has 1 aliphatic rings. The molecule has 0 bridgehead atoms. The third-order valence-electron chi connectivity index (χ3n) is 3.54. The normalized spacial score (nSPS) is 15.8. The number of likely N-dealkylation sites (tertiary alicyclic amines) is 1. The highest BCUT2D eigenvalue weighted by Gasteiger charge is 2.31. The third-order valence-corrected chi connectivity index (χ3v) is 3.54. The van der Waals surface area contributed by atoms with Gasteiger partial charge in [0.25, 0.3) is 0 Å². The van der Waals surface area contributed by atoms with Gasteiger partial charge in [0.1, 0.15) is 11.4 Å². The van der Waals surface area contributed by atoms with Gasteiger partial charge in [-0.25, -0.2) is 4.79 Å². The van der Waals surface area contributed by atoms with Gasteiger partial charge in [0, 0.05) is 13.1 Å². The minimum atomic E-state index is -4.69. The van der Waals surface area contributed by atoms with E-state index in [9.17, 15) is 18.0 Å². The van der Waals surface area contributed by atoms with E-state index in [-0.39, 0.29) is 11.8 Å². The van der Waals surface area contributed by atoms with E-state index in [1.807, 2.05) is 26.8 Å². The van der Waals surface area contributed by atoms with Crippen LogP contribution in [0.3, 0.4) is 0 Å². The summed E-state index contributed by atoms with van der Waals surface area (Å²) < 4.78 is 45.6. The zero-order chi connectivity index (χ0) is 18.7. The number of amides is 1. The number of benzene rings is 1. The number of carbonyl (C=O) groups is 1. The monoisotopic (exact) mass is 357 g/mol. The van der Waals surface area contributed by atoms with Gasteiger partial charge in [-0.3, -0.25) is 0 Å². The second-order valence-corrected chi connectivity index (χ2v) is 6.89. The van der Waals surface area contributed by atoms with Crippen LogP contribution in [-0.4, -0.2) is 36.0 Å². The predicted octanol–water partition coefficient (Wildman–Crippen LogP) is 5.00. The number of halogens is 3. The number of hydrogen-bond donors (Lipinski definition) is 0. The van der Waals surface area contributed by atoms with E-state index >= 15 is 0 Å². The Morgan fingerprint density at radius 1 is 1.08 bits per heavy atom. The van der Waals surface area contributed by atoms with Crippen molar-refractivity contribution < 1.29 is 27.4 Å². The minimum Gasteiger partial charge on any atom is -0.444 e. The fraction of sp³-hybridized carbons (Fsp3) is 0.500. The highest BCUT2D eigenvalue weighted by atomic mass is 19.4. The van der Waals surface area contributed by atoms with Crippen molar-refractivity contribution in [2.45, 2.75) is 45.6 Å². The second-order valence-electron chi connectivity index (χ2n) is 6.89. The first-order valence-electron chi connectivity index (χ1n) is 8.05. The Balaban J connectivity index is 1.91. The van der Waals surface area contributed by atoms with Gasteiger partial charge in [0.15, 0.2) is 0 Å². The number of ether oxygens (including phenoxy) is 2. The van der Waals surface area contributed by atoms with Crippen molar-refractivity contribution in [2.75, 3.05) is 13.1 Å². The van der Waals surface area contributed by atoms with E-state index < -0.39 is 12.0 Å². The van der Waals surface area contributed by atoms with Crippen LogP contribution in [0.4, 0.5) is 18.0 Å². The first kappa shape index (κ1) is 19.1. The van der Waals surface area contributed by atoms with Gasteiger partial charge in [-0.15, -0.1) is 13.2 Å². The molecule has 1 amide bonds. The van der Waals surface area contributed by atoms with Crippen LogP contribution in [0.2, 0.25) is 0 Å². The van der Waals surface area contributed by atoms with Crippen LogP contribution < -0.4 is 4.74 Å². The quantitative estimate of drug-likeness (QED) is 0.748. The molecule has 0 unspecified atom stereocenters. The van der Waals surface area contributed by atoms with Crippen molar-refractivity contribution in [3.05, 3.63) is 35.4 Å². The van der Waals surface area contributed by atoms with Crippen LogP contribution >= 0.6 is 0 Å². The molecule has 1 fully saturated rings. The summed E-state index contributed by atoms with van der Waals surface area (Å²) in [7, 11) is 0. The maximum atomic E-state index is 12.1. The topological polar surface area (TPSA) is 38.8 Å². The summed E-state index contributed by atoms with van der Waals surface area (Å²) in [4.78, 5) is 13.7. The number of hydrogen-bond acceptors (Lipinski definition) is 3. The van der Waals surface area contributed by atoms with E-state index in [4.69, 9.17) is 4.74 Å². The molecular formula is C18H22F3NO3. The van der Waals surface area contributed by atoms with Crippen LogP contribution in [0.15, 0.2) is 29.8 Å². The van der Waals surface area contributed by atoms with Crippen LogP contribution in [0.25, 0.3) is 6.08 Å². The number of piperidine rings is 1. The predicted molar refractivity (Wildman–Crippen MR) is 88.1 cm³/mol. The molecular weight excluding hydrogens is 335 g/mol. The maximum Gasteiger partial charge on any atom is 0.573 e. The Kier molecular flexibility index (Phi) is 5.65. The zero-order valence-electron chi connectivity index (χ0n) is 14.5. The van der Waals surface area contributed by atoms with Gasteiger partial charge >= 0.3 is 12.5 Å². The van der Waals surface area contributed by atoms with Crippen LogP contribution in [0, 0.1) is 0 Å². The first-order chi connectivity index (χ1) is 11.5. The summed E-state index contributed by atoms with van der Waals surface area (Å²) in [5.74, 6) is -0.241. The second kappa shape index (κ2) is 7.37. The van der Waals surface area contributed by atoms with E-state index in [0.29, 0.717) is 25.9 Å². The van der Waals surface area contributed by atoms with Gasteiger partial charge in [-0.2, -0.15) is 0 Å². The van der Waals surface area contributed by atoms with E-state index in [0.717, 1.165) is 11.1 Å². The van der Waals surface area contributed by atoms with E-state index in [1.54, 1.807) is 17.0 Å². The van der Waals surface area contributed by atoms with E-state index in [2.05, 4.69) is 4.74 Å². The number of nitrogens with zero attached hydrogens (tertiary/aromatic N) is 1. The Hall–Kier alpha value is -2.18. The summed E-state index contributed by atoms with van der Waals surface area (Å²) in [5, 5.41) is 0. The Labute approximate surface area is 145 Å². The van der Waals surface area contributed by atoms with Gasteiger partial charge in [-0.1, -0.05) is 23.8 Å². The Bertz CT molecular complexity index is 620. The molecule has 7 heteroatoms. The lowest BCUT2D eigenvalue weighted by Gasteiger charge is -2.31. The lowest BCUT2D eigenvalue weighted by Crippen LogP contribution is -2.40. The Morgan fingerprint density at radius 2 is 1.64 bits per heavy atom. The lowest BCUT2D eigenvalue weighted by molar-refractivity contribution is -0.274. The summed E-state index contributed by atoms with van der Waals surface area (Å²) >= 11 is 0. The maximum absolute atomic E-state index is 12.1. The fourth-order valence-corrected chi connectivity index (χ4v) is 2.45. The summed E-state index contributed by atoms with van der Waals surface area (Å²) in [6.07, 6.45) is -1.65. The highest BCUT2D eigenvalue weighted by Crippen LogP contribution is 2.25. The minimum absolute atomic E-state index is 0.241. The van der Waals surface area contributed by atoms with E-state index in [1.165, 1.54) is 12.1 Å². The largest absolute Gasteiger partial charge is 0.573 e. The molecule has 0 saturated carbocycles. The molecule has 1 aliphatic heterocycles. The van der Waals surface area contributed by atoms with Crippen LogP contribution in [-0.2, 0) is 4.74 Å². The average molecular weight is 357 g/mol. The average Bonchev–Trinajstić information content (AvgIpc) is 2.47. The number of carbonyl (C=O) groups excluding carboxylic acids is 1. The molecule has 0 aromatic heterocycles. The first-order valence-corrected chi connectivity index (χ1v) is 8.05. The molecule has 1 saturated heterocycles. The van der Waals surface area contributed by atoms with Gasteiger partial charge in [0.2, 0.25) is 0 Å². The van der Waals surface area contributed by atoms with Crippen molar-refractivity contribution in [3.63, 3.8) is 0 Å². The lowest BCUT2D eigenvalue weighted by atomic mass is 10.0. The smallest absolute Gasteiger partial charge is 0.444 e. The van der Waals surface area contributed by atoms with Crippen LogP contribution in [0.1, 0.15) is 39.2 Å². The molecule has 25 heavy (non-hydrogen) atoms. The molecule has 0 spiro atoms. The van der Waals surface area contributed by atoms with Gasteiger partial charge < -0.3 is 14.4 Å². The van der Waals surface area contributed by atoms with Gasteiger partial charge in [0.05, 0.1) is 0 Å². The fourth-order valence-electron chi connectivity index (χ4n) is 2.45. The molecule has 0 radical (unpaired) electrons. The standard InChI is InChI=1S/C18H22F3NO3/c1-17(2,3)25-16(23)22-10-8-14(9-11-22)12-13-4-6-15(7-5-13)24-18(19,20)21/h4-7,12H,8-11H2,1-3H3. The summed E-state index contributed by atoms with van der Waals surface area (Å²) in [6.45, 7) is 6.61. The molecule has 0 N–H and O–H groups in total. The molecule has 0 atom stereocenters. The third kappa shape index (κ3) is 6.68.